The summed E-state index contributed by atoms with van der Waals surface area (Å²) in [4.78, 5) is 54.8. The smallest absolute Gasteiger partial charge is 0.330 e. The molecule has 36 heavy (non-hydrogen) atoms. The van der Waals surface area contributed by atoms with Crippen LogP contribution in [0.4, 0.5) is 0 Å². The van der Waals surface area contributed by atoms with Gasteiger partial charge in [-0.1, -0.05) is 60.2 Å². The number of carbonyl (C=O) groups is 4. The normalized spacial score (nSPS) is 30.1. The second-order valence-corrected chi connectivity index (χ2v) is 10.8. The molecular weight excluding hydrogens is 454 g/mol. The molecule has 1 heterocycles. The van der Waals surface area contributed by atoms with Crippen molar-refractivity contribution in [1.29, 1.82) is 0 Å². The summed E-state index contributed by atoms with van der Waals surface area (Å²) in [6, 6.07) is 13.8. The van der Waals surface area contributed by atoms with E-state index >= 15 is 0 Å². The fraction of sp³-hybridized carbons (Fsp3) is 0.400. The number of hydrogen-bond acceptors (Lipinski definition) is 5. The third-order valence-corrected chi connectivity index (χ3v) is 8.59. The van der Waals surface area contributed by atoms with E-state index in [1.807, 2.05) is 56.3 Å². The molecule has 6 heteroatoms. The first-order valence-electron chi connectivity index (χ1n) is 12.7. The number of allylic oxidation sites excluding steroid dienone is 2. The number of amides is 2. The maximum Gasteiger partial charge on any atom is 0.330 e. The zero-order valence-electron chi connectivity index (χ0n) is 20.4. The van der Waals surface area contributed by atoms with E-state index in [9.17, 15) is 19.2 Å². The third kappa shape index (κ3) is 3.62. The van der Waals surface area contributed by atoms with Crippen LogP contribution in [0.5, 0.6) is 0 Å². The minimum atomic E-state index is -1.10. The number of Topliss-reactive ketones (excluding diaryl/α,β-unsaturated/α-hetero) is 1. The summed E-state index contributed by atoms with van der Waals surface area (Å²) >= 11 is 0. The molecule has 2 saturated carbocycles. The highest BCUT2D eigenvalue weighted by atomic mass is 16.5. The van der Waals surface area contributed by atoms with Crippen molar-refractivity contribution in [2.75, 3.05) is 6.61 Å². The summed E-state index contributed by atoms with van der Waals surface area (Å²) < 4.78 is 5.50. The number of carbonyl (C=O) groups excluding carboxylic acids is 4. The first kappa shape index (κ1) is 22.9. The lowest BCUT2D eigenvalue weighted by atomic mass is 9.63. The molecular formula is C30H29NO5. The van der Waals surface area contributed by atoms with Gasteiger partial charge in [0.2, 0.25) is 17.6 Å². The average Bonchev–Trinajstić information content (AvgIpc) is 3.66. The molecule has 0 spiro atoms. The van der Waals surface area contributed by atoms with Gasteiger partial charge in [-0.05, 0) is 61.1 Å². The lowest BCUT2D eigenvalue weighted by Gasteiger charge is -2.37. The molecule has 184 valence electrons. The number of ether oxygens (including phenoxy) is 1. The summed E-state index contributed by atoms with van der Waals surface area (Å²) in [6.07, 6.45) is 5.46. The largest absolute Gasteiger partial charge is 0.456 e. The van der Waals surface area contributed by atoms with Gasteiger partial charge in [-0.15, -0.1) is 0 Å². The zero-order valence-corrected chi connectivity index (χ0v) is 20.4. The molecule has 5 aliphatic rings. The minimum absolute atomic E-state index is 0.0747. The molecule has 0 unspecified atom stereocenters. The van der Waals surface area contributed by atoms with Crippen LogP contribution in [-0.4, -0.2) is 41.1 Å². The van der Waals surface area contributed by atoms with Crippen molar-refractivity contribution in [2.24, 2.45) is 35.5 Å². The van der Waals surface area contributed by atoms with Gasteiger partial charge in [0, 0.05) is 12.0 Å². The van der Waals surface area contributed by atoms with Crippen LogP contribution < -0.4 is 0 Å². The Kier molecular flexibility index (Phi) is 5.43. The van der Waals surface area contributed by atoms with Crippen LogP contribution in [-0.2, 0) is 25.5 Å². The van der Waals surface area contributed by atoms with Crippen molar-refractivity contribution in [1.82, 2.24) is 4.90 Å². The zero-order chi connectivity index (χ0) is 25.1. The van der Waals surface area contributed by atoms with E-state index in [4.69, 9.17) is 4.74 Å². The minimum Gasteiger partial charge on any atom is -0.456 e. The van der Waals surface area contributed by atoms with Crippen molar-refractivity contribution in [3.05, 3.63) is 82.9 Å². The first-order valence-corrected chi connectivity index (χ1v) is 12.7. The summed E-state index contributed by atoms with van der Waals surface area (Å²) in [5.74, 6) is -1.24. The van der Waals surface area contributed by atoms with Crippen molar-refractivity contribution in [3.63, 3.8) is 0 Å². The molecule has 2 bridgehead atoms. The van der Waals surface area contributed by atoms with E-state index in [1.54, 1.807) is 6.07 Å². The number of aryl methyl sites for hydroxylation is 2. The Hall–Kier alpha value is -3.54. The standard InChI is InChI=1S/C30H29NO5/c1-16-8-9-17(2)21(12-16)25(32)15-36-30(35)24(13-18-6-4-3-5-7-18)31-28(33)26-19-10-11-20(23-14-22(19)23)27(26)29(31)34/h3-12,19-20,22-24,26-27H,13-15H2,1-2H3/t19-,20-,22-,23-,24+,26+,27+/m1/s1. The molecule has 0 aromatic heterocycles. The molecule has 3 fully saturated rings. The second kappa shape index (κ2) is 8.54. The van der Waals surface area contributed by atoms with Gasteiger partial charge in [0.25, 0.3) is 0 Å². The van der Waals surface area contributed by atoms with Gasteiger partial charge in [-0.3, -0.25) is 19.3 Å². The number of hydrogen-bond donors (Lipinski definition) is 0. The maximum absolute atomic E-state index is 13.7. The van der Waals surface area contributed by atoms with E-state index in [-0.39, 0.29) is 47.7 Å². The molecule has 6 nitrogen and oxygen atoms in total. The average molecular weight is 484 g/mol. The Balaban J connectivity index is 1.25. The number of nitrogens with zero attached hydrogens (tertiary/aromatic N) is 1. The molecule has 7 rings (SSSR count). The number of benzene rings is 2. The van der Waals surface area contributed by atoms with Crippen LogP contribution in [0.15, 0.2) is 60.7 Å². The van der Waals surface area contributed by atoms with Gasteiger partial charge in [0.15, 0.2) is 6.61 Å². The molecule has 2 aromatic rings. The van der Waals surface area contributed by atoms with Gasteiger partial charge in [0.05, 0.1) is 11.8 Å². The Morgan fingerprint density at radius 3 is 2.22 bits per heavy atom. The third-order valence-electron chi connectivity index (χ3n) is 8.59. The van der Waals surface area contributed by atoms with Crippen molar-refractivity contribution >= 4 is 23.6 Å². The molecule has 1 aliphatic heterocycles. The van der Waals surface area contributed by atoms with E-state index in [0.29, 0.717) is 17.4 Å². The topological polar surface area (TPSA) is 80.8 Å². The fourth-order valence-corrected chi connectivity index (χ4v) is 6.75. The summed E-state index contributed by atoms with van der Waals surface area (Å²) in [7, 11) is 0. The SMILES string of the molecule is Cc1ccc(C)c(C(=O)COC(=O)[C@H](Cc2ccccc2)N2C(=O)[C@H]3[C@@H]4C=C[C@H]([C@H]5C[C@H]45)[C@@H]3C2=O)c1. The Bertz CT molecular complexity index is 1260. The van der Waals surface area contributed by atoms with Crippen molar-refractivity contribution in [3.8, 4) is 0 Å². The Morgan fingerprint density at radius 1 is 0.944 bits per heavy atom. The van der Waals surface area contributed by atoms with Crippen molar-refractivity contribution in [2.45, 2.75) is 32.7 Å². The number of likely N-dealkylation sites (tertiary alicyclic amines) is 1. The highest BCUT2D eigenvalue weighted by molar-refractivity contribution is 6.09. The summed E-state index contributed by atoms with van der Waals surface area (Å²) in [5.41, 5.74) is 3.07. The highest BCUT2D eigenvalue weighted by Gasteiger charge is 2.68. The highest BCUT2D eigenvalue weighted by Crippen LogP contribution is 2.65. The molecule has 0 radical (unpaired) electrons. The number of esters is 1. The van der Waals surface area contributed by atoms with Crippen LogP contribution in [0.2, 0.25) is 0 Å². The maximum atomic E-state index is 13.7. The van der Waals surface area contributed by atoms with E-state index in [0.717, 1.165) is 23.1 Å². The predicted octanol–water partition coefficient (Wildman–Crippen LogP) is 3.69. The summed E-state index contributed by atoms with van der Waals surface area (Å²) in [6.45, 7) is 3.30. The molecule has 0 N–H and O–H groups in total. The lowest BCUT2D eigenvalue weighted by molar-refractivity contribution is -0.158. The van der Waals surface area contributed by atoms with E-state index in [1.165, 1.54) is 4.90 Å². The van der Waals surface area contributed by atoms with Crippen LogP contribution >= 0.6 is 0 Å². The predicted molar refractivity (Wildman–Crippen MR) is 132 cm³/mol. The molecule has 1 saturated heterocycles. The Labute approximate surface area is 210 Å². The van der Waals surface area contributed by atoms with E-state index < -0.39 is 18.6 Å². The summed E-state index contributed by atoms with van der Waals surface area (Å²) in [5, 5.41) is 0. The van der Waals surface area contributed by atoms with Gasteiger partial charge in [-0.2, -0.15) is 0 Å². The number of ketones is 1. The van der Waals surface area contributed by atoms with Crippen LogP contribution in [0.25, 0.3) is 0 Å². The van der Waals surface area contributed by atoms with Crippen LogP contribution in [0, 0.1) is 49.4 Å². The number of imide groups is 1. The van der Waals surface area contributed by atoms with Gasteiger partial charge < -0.3 is 4.74 Å². The number of rotatable bonds is 7. The second-order valence-electron chi connectivity index (χ2n) is 10.8. The lowest BCUT2D eigenvalue weighted by Crippen LogP contribution is -2.48. The van der Waals surface area contributed by atoms with Crippen LogP contribution in [0.1, 0.15) is 33.5 Å². The van der Waals surface area contributed by atoms with Gasteiger partial charge in [-0.25, -0.2) is 4.79 Å². The quantitative estimate of drug-likeness (QED) is 0.260. The molecule has 2 amide bonds. The Morgan fingerprint density at radius 2 is 1.58 bits per heavy atom. The molecule has 2 aromatic carbocycles. The van der Waals surface area contributed by atoms with Gasteiger partial charge in [0.1, 0.15) is 6.04 Å². The first-order chi connectivity index (χ1) is 17.3. The van der Waals surface area contributed by atoms with E-state index in [2.05, 4.69) is 12.2 Å². The van der Waals surface area contributed by atoms with Crippen LogP contribution in [0.3, 0.4) is 0 Å². The monoisotopic (exact) mass is 483 g/mol. The van der Waals surface area contributed by atoms with Crippen molar-refractivity contribution < 1.29 is 23.9 Å². The molecule has 4 aliphatic carbocycles. The fourth-order valence-electron chi connectivity index (χ4n) is 6.75. The van der Waals surface area contributed by atoms with Gasteiger partial charge >= 0.3 is 5.97 Å². The molecule has 7 atom stereocenters.